The second-order valence-electron chi connectivity index (χ2n) is 5.62. The Morgan fingerprint density at radius 2 is 1.85 bits per heavy atom. The summed E-state index contributed by atoms with van der Waals surface area (Å²) in [5, 5.41) is 0.479. The molecule has 1 aromatic carbocycles. The molecule has 2 aromatic rings. The molecule has 7 nitrogen and oxygen atoms in total. The van der Waals surface area contributed by atoms with E-state index in [2.05, 4.69) is 9.08 Å². The summed E-state index contributed by atoms with van der Waals surface area (Å²) in [6.07, 6.45) is 0. The molecule has 26 heavy (non-hydrogen) atoms. The van der Waals surface area contributed by atoms with Crippen molar-refractivity contribution in [2.24, 2.45) is 0 Å². The third kappa shape index (κ3) is 4.00. The van der Waals surface area contributed by atoms with E-state index in [4.69, 9.17) is 9.15 Å². The monoisotopic (exact) mass is 393 g/mol. The standard InChI is InChI=1S/C15H14F3NO6S/c16-15(17,18)26(21,22)25-11-1-2-12-10(7-14(20)24-13(12)8-11)9-19-3-5-23-6-4-19/h1-2,7-8H,3-6,9H2. The molecule has 0 spiro atoms. The van der Waals surface area contributed by atoms with Gasteiger partial charge in [-0.3, -0.25) is 4.90 Å². The molecule has 0 bridgehead atoms. The highest BCUT2D eigenvalue weighted by Gasteiger charge is 2.48. The highest BCUT2D eigenvalue weighted by molar-refractivity contribution is 7.88. The van der Waals surface area contributed by atoms with Gasteiger partial charge in [-0.1, -0.05) is 0 Å². The molecule has 0 N–H and O–H groups in total. The van der Waals surface area contributed by atoms with Gasteiger partial charge in [-0.15, -0.1) is 0 Å². The van der Waals surface area contributed by atoms with Crippen LogP contribution in [0.1, 0.15) is 5.56 Å². The van der Waals surface area contributed by atoms with E-state index in [9.17, 15) is 26.4 Å². The van der Waals surface area contributed by atoms with Gasteiger partial charge in [0.15, 0.2) is 0 Å². The Hall–Kier alpha value is -2.11. The van der Waals surface area contributed by atoms with Gasteiger partial charge in [-0.05, 0) is 17.7 Å². The summed E-state index contributed by atoms with van der Waals surface area (Å²) in [6.45, 7) is 2.89. The van der Waals surface area contributed by atoms with Gasteiger partial charge in [-0.25, -0.2) is 4.79 Å². The summed E-state index contributed by atoms with van der Waals surface area (Å²) in [4.78, 5) is 13.8. The first-order valence-corrected chi connectivity index (χ1v) is 8.94. The van der Waals surface area contributed by atoms with E-state index in [-0.39, 0.29) is 5.58 Å². The van der Waals surface area contributed by atoms with Gasteiger partial charge in [0.2, 0.25) is 0 Å². The molecular weight excluding hydrogens is 379 g/mol. The predicted octanol–water partition coefficient (Wildman–Crippen LogP) is 1.85. The molecule has 1 aromatic heterocycles. The highest BCUT2D eigenvalue weighted by Crippen LogP contribution is 2.29. The second kappa shape index (κ2) is 6.89. The summed E-state index contributed by atoms with van der Waals surface area (Å²) in [7, 11) is -5.80. The lowest BCUT2D eigenvalue weighted by Crippen LogP contribution is -2.35. The third-order valence-electron chi connectivity index (χ3n) is 3.79. The van der Waals surface area contributed by atoms with Crippen molar-refractivity contribution in [3.8, 4) is 5.75 Å². The first-order valence-electron chi connectivity index (χ1n) is 7.53. The molecule has 0 saturated carbocycles. The fourth-order valence-corrected chi connectivity index (χ4v) is 3.02. The lowest BCUT2D eigenvalue weighted by Gasteiger charge is -2.26. The highest BCUT2D eigenvalue weighted by atomic mass is 32.2. The molecule has 1 aliphatic rings. The van der Waals surface area contributed by atoms with Crippen molar-refractivity contribution in [2.45, 2.75) is 12.1 Å². The van der Waals surface area contributed by atoms with Crippen molar-refractivity contribution < 1.29 is 34.9 Å². The van der Waals surface area contributed by atoms with Crippen LogP contribution in [0.5, 0.6) is 5.75 Å². The Bertz CT molecular complexity index is 963. The van der Waals surface area contributed by atoms with E-state index < -0.39 is 27.0 Å². The third-order valence-corrected chi connectivity index (χ3v) is 4.77. The number of halogens is 3. The average Bonchev–Trinajstić information content (AvgIpc) is 2.54. The molecule has 142 valence electrons. The summed E-state index contributed by atoms with van der Waals surface area (Å²) in [6, 6.07) is 4.68. The lowest BCUT2D eigenvalue weighted by molar-refractivity contribution is -0.0500. The lowest BCUT2D eigenvalue weighted by atomic mass is 10.1. The van der Waals surface area contributed by atoms with Crippen molar-refractivity contribution in [1.82, 2.24) is 4.90 Å². The van der Waals surface area contributed by atoms with E-state index in [1.165, 1.54) is 12.1 Å². The van der Waals surface area contributed by atoms with Crippen molar-refractivity contribution in [1.29, 1.82) is 0 Å². The predicted molar refractivity (Wildman–Crippen MR) is 84.2 cm³/mol. The fraction of sp³-hybridized carbons (Fsp3) is 0.400. The van der Waals surface area contributed by atoms with Crippen molar-refractivity contribution in [3.63, 3.8) is 0 Å². The molecule has 0 amide bonds. The zero-order valence-corrected chi connectivity index (χ0v) is 14.1. The van der Waals surface area contributed by atoms with E-state index in [1.807, 2.05) is 0 Å². The normalized spacial score (nSPS) is 16.7. The largest absolute Gasteiger partial charge is 0.534 e. The first kappa shape index (κ1) is 18.7. The number of rotatable bonds is 4. The zero-order chi connectivity index (χ0) is 18.9. The number of ether oxygens (including phenoxy) is 1. The van der Waals surface area contributed by atoms with Crippen LogP contribution in [0.15, 0.2) is 33.5 Å². The molecule has 0 radical (unpaired) electrons. The molecule has 0 atom stereocenters. The molecule has 2 heterocycles. The minimum Gasteiger partial charge on any atom is -0.423 e. The van der Waals surface area contributed by atoms with Crippen molar-refractivity contribution in [3.05, 3.63) is 40.2 Å². The van der Waals surface area contributed by atoms with Crippen molar-refractivity contribution in [2.75, 3.05) is 26.3 Å². The number of hydrogen-bond donors (Lipinski definition) is 0. The Morgan fingerprint density at radius 3 is 2.50 bits per heavy atom. The van der Waals surface area contributed by atoms with E-state index in [1.54, 1.807) is 0 Å². The first-order chi connectivity index (χ1) is 12.2. The second-order valence-corrected chi connectivity index (χ2v) is 7.16. The quantitative estimate of drug-likeness (QED) is 0.445. The van der Waals surface area contributed by atoms with Crippen LogP contribution in [0.2, 0.25) is 0 Å². The van der Waals surface area contributed by atoms with Crippen LogP contribution in [0, 0.1) is 0 Å². The number of benzene rings is 1. The average molecular weight is 393 g/mol. The van der Waals surface area contributed by atoms with Gasteiger partial charge in [0.1, 0.15) is 11.3 Å². The van der Waals surface area contributed by atoms with Gasteiger partial charge in [0.05, 0.1) is 13.2 Å². The van der Waals surface area contributed by atoms with Crippen LogP contribution in [-0.4, -0.2) is 45.1 Å². The van der Waals surface area contributed by atoms with E-state index in [0.29, 0.717) is 43.8 Å². The van der Waals surface area contributed by atoms with Crippen LogP contribution < -0.4 is 9.81 Å². The minimum absolute atomic E-state index is 0.0596. The van der Waals surface area contributed by atoms with Gasteiger partial charge < -0.3 is 13.3 Å². The van der Waals surface area contributed by atoms with Gasteiger partial charge in [0, 0.05) is 37.2 Å². The maximum Gasteiger partial charge on any atom is 0.534 e. The van der Waals surface area contributed by atoms with Crippen LogP contribution in [0.3, 0.4) is 0 Å². The van der Waals surface area contributed by atoms with Gasteiger partial charge >= 0.3 is 21.3 Å². The van der Waals surface area contributed by atoms with Gasteiger partial charge in [0.25, 0.3) is 0 Å². The van der Waals surface area contributed by atoms with Crippen LogP contribution in [-0.2, 0) is 21.4 Å². The number of fused-ring (bicyclic) bond motifs is 1. The molecule has 1 aliphatic heterocycles. The molecular formula is C15H14F3NO6S. The Balaban J connectivity index is 1.94. The maximum atomic E-state index is 12.4. The van der Waals surface area contributed by atoms with Crippen molar-refractivity contribution >= 4 is 21.1 Å². The number of alkyl halides is 3. The van der Waals surface area contributed by atoms with Crippen LogP contribution >= 0.6 is 0 Å². The molecule has 1 fully saturated rings. The number of nitrogens with zero attached hydrogens (tertiary/aromatic N) is 1. The van der Waals surface area contributed by atoms with Crippen LogP contribution in [0.4, 0.5) is 13.2 Å². The number of hydrogen-bond acceptors (Lipinski definition) is 7. The molecule has 1 saturated heterocycles. The van der Waals surface area contributed by atoms with E-state index >= 15 is 0 Å². The van der Waals surface area contributed by atoms with Gasteiger partial charge in [-0.2, -0.15) is 21.6 Å². The Kier molecular flexibility index (Phi) is 4.95. The molecule has 11 heteroatoms. The Morgan fingerprint density at radius 1 is 1.15 bits per heavy atom. The Labute approximate surface area is 146 Å². The SMILES string of the molecule is O=c1cc(CN2CCOCC2)c2ccc(OS(=O)(=O)C(F)(F)F)cc2o1. The van der Waals surface area contributed by atoms with E-state index in [0.717, 1.165) is 12.1 Å². The maximum absolute atomic E-state index is 12.4. The summed E-state index contributed by atoms with van der Waals surface area (Å²) in [5.41, 5.74) is -5.70. The minimum atomic E-state index is -5.80. The fourth-order valence-electron chi connectivity index (χ4n) is 2.57. The molecule has 0 unspecified atom stereocenters. The summed E-state index contributed by atoms with van der Waals surface area (Å²) in [5.74, 6) is -0.596. The van der Waals surface area contributed by atoms with Crippen LogP contribution in [0.25, 0.3) is 11.0 Å². The summed E-state index contributed by atoms with van der Waals surface area (Å²) >= 11 is 0. The smallest absolute Gasteiger partial charge is 0.423 e. The topological polar surface area (TPSA) is 86.0 Å². The molecule has 3 rings (SSSR count). The zero-order valence-electron chi connectivity index (χ0n) is 13.3. The molecule has 0 aliphatic carbocycles. The summed E-state index contributed by atoms with van der Waals surface area (Å²) < 4.78 is 73.7. The number of morpholine rings is 1.